The Morgan fingerprint density at radius 1 is 0.881 bits per heavy atom. The van der Waals surface area contributed by atoms with Crippen molar-refractivity contribution in [3.05, 3.63) is 89.4 Å². The summed E-state index contributed by atoms with van der Waals surface area (Å²) in [6, 6.07) is 16.2. The van der Waals surface area contributed by atoms with Gasteiger partial charge in [0.1, 0.15) is 29.3 Å². The lowest BCUT2D eigenvalue weighted by Crippen LogP contribution is -2.54. The third-order valence-corrected chi connectivity index (χ3v) is 14.2. The first kappa shape index (κ1) is 44.4. The molecule has 3 fully saturated rings. The number of Topliss-reactive ketones (excluding diaryl/α,β-unsaturated/α-hetero) is 1. The van der Waals surface area contributed by atoms with Gasteiger partial charge in [-0.05, 0) is 85.8 Å². The lowest BCUT2D eigenvalue weighted by Gasteiger charge is -2.43. The van der Waals surface area contributed by atoms with Crippen LogP contribution in [0.4, 0.5) is 0 Å². The molecule has 0 radical (unpaired) electrons. The quantitative estimate of drug-likeness (QED) is 0.104. The first-order valence-corrected chi connectivity index (χ1v) is 23.7. The molecule has 2 amide bonds. The fourth-order valence-electron chi connectivity index (χ4n) is 10.2. The molecular formula is C52H59N7O8. The van der Waals surface area contributed by atoms with Gasteiger partial charge in [-0.1, -0.05) is 57.9 Å². The van der Waals surface area contributed by atoms with Crippen LogP contribution in [0, 0.1) is 17.8 Å². The Morgan fingerprint density at radius 3 is 2.36 bits per heavy atom. The zero-order chi connectivity index (χ0) is 46.4. The number of ketones is 1. The molecule has 0 unspecified atom stereocenters. The monoisotopic (exact) mass is 909 g/mol. The van der Waals surface area contributed by atoms with Gasteiger partial charge in [-0.2, -0.15) is 5.10 Å². The Labute approximate surface area is 390 Å². The van der Waals surface area contributed by atoms with Crippen LogP contribution < -0.4 is 29.0 Å². The smallest absolute Gasteiger partial charge is 0.255 e. The SMILES string of the molecule is COc1ccc(C2=NN(C3CCN(C[C@@H](NC(=O)c4c[nH]c5c(-c6c(OCC7CC7)ccc7c6OCO7)ncnc45)C(=O)c4ccc(C(C)(C)C)cc4)CC3)C(=O)[C@@H]3CCCC[C@H]23)cc1OC. The van der Waals surface area contributed by atoms with Crippen LogP contribution in [0.3, 0.4) is 0 Å². The third-order valence-electron chi connectivity index (χ3n) is 14.2. The van der Waals surface area contributed by atoms with Crippen LogP contribution in [0.5, 0.6) is 28.7 Å². The Bertz CT molecular complexity index is 2710. The Hall–Kier alpha value is -6.48. The van der Waals surface area contributed by atoms with Crippen LogP contribution in [0.2, 0.25) is 0 Å². The summed E-state index contributed by atoms with van der Waals surface area (Å²) in [5.74, 6) is 2.87. The molecule has 3 atom stereocenters. The van der Waals surface area contributed by atoms with E-state index in [1.807, 2.05) is 54.6 Å². The number of likely N-dealkylation sites (tertiary alicyclic amines) is 1. The number of hydrogen-bond acceptors (Lipinski definition) is 12. The summed E-state index contributed by atoms with van der Waals surface area (Å²) in [7, 11) is 3.25. The summed E-state index contributed by atoms with van der Waals surface area (Å²) < 4.78 is 29.2. The lowest BCUT2D eigenvalue weighted by atomic mass is 9.73. The predicted molar refractivity (Wildman–Crippen MR) is 252 cm³/mol. The number of rotatable bonds is 14. The van der Waals surface area contributed by atoms with Gasteiger partial charge >= 0.3 is 0 Å². The predicted octanol–water partition coefficient (Wildman–Crippen LogP) is 7.96. The summed E-state index contributed by atoms with van der Waals surface area (Å²) in [4.78, 5) is 58.0. The Kier molecular flexibility index (Phi) is 12.1. The number of benzene rings is 3. The molecule has 2 aliphatic carbocycles. The summed E-state index contributed by atoms with van der Waals surface area (Å²) in [5.41, 5.74) is 5.70. The number of piperidine rings is 1. The summed E-state index contributed by atoms with van der Waals surface area (Å²) >= 11 is 0. The number of ether oxygens (including phenoxy) is 5. The zero-order valence-corrected chi connectivity index (χ0v) is 38.9. The molecule has 5 aromatic rings. The molecule has 0 bridgehead atoms. The van der Waals surface area contributed by atoms with Crippen LogP contribution in [0.15, 0.2) is 72.2 Å². The minimum absolute atomic E-state index is 0.0461. The topological polar surface area (TPSA) is 170 Å². The first-order valence-electron chi connectivity index (χ1n) is 23.7. The van der Waals surface area contributed by atoms with E-state index in [1.54, 1.807) is 25.4 Å². The van der Waals surface area contributed by atoms with Crippen LogP contribution in [-0.2, 0) is 10.2 Å². The molecule has 3 aliphatic heterocycles. The van der Waals surface area contributed by atoms with Gasteiger partial charge in [0.05, 0.1) is 49.2 Å². The number of methoxy groups -OCH3 is 2. The maximum atomic E-state index is 14.6. The number of hydrazone groups is 1. The molecule has 10 rings (SSSR count). The third kappa shape index (κ3) is 8.81. The van der Waals surface area contributed by atoms with Crippen molar-refractivity contribution in [2.45, 2.75) is 89.6 Å². The molecule has 0 spiro atoms. The van der Waals surface area contributed by atoms with Gasteiger partial charge in [0.15, 0.2) is 28.8 Å². The highest BCUT2D eigenvalue weighted by Gasteiger charge is 2.44. The minimum atomic E-state index is -0.893. The Morgan fingerprint density at radius 2 is 1.63 bits per heavy atom. The molecule has 3 aromatic carbocycles. The highest BCUT2D eigenvalue weighted by molar-refractivity contribution is 6.11. The average Bonchev–Trinajstić information content (AvgIpc) is 3.87. The van der Waals surface area contributed by atoms with Crippen molar-refractivity contribution in [1.29, 1.82) is 0 Å². The number of carbonyl (C=O) groups excluding carboxylic acids is 3. The first-order chi connectivity index (χ1) is 32.5. The fourth-order valence-corrected chi connectivity index (χ4v) is 10.2. The number of nitrogens with one attached hydrogen (secondary N) is 2. The molecule has 2 N–H and O–H groups in total. The molecular weight excluding hydrogens is 851 g/mol. The molecule has 5 aliphatic rings. The van der Waals surface area contributed by atoms with E-state index in [4.69, 9.17) is 28.8 Å². The average molecular weight is 910 g/mol. The van der Waals surface area contributed by atoms with E-state index in [9.17, 15) is 14.4 Å². The van der Waals surface area contributed by atoms with Gasteiger partial charge in [-0.25, -0.2) is 15.0 Å². The number of H-pyrrole nitrogens is 1. The second kappa shape index (κ2) is 18.3. The molecule has 1 saturated heterocycles. The Balaban J connectivity index is 0.905. The molecule has 2 saturated carbocycles. The molecule has 2 aromatic heterocycles. The molecule has 15 heteroatoms. The number of hydrogen-bond donors (Lipinski definition) is 2. The van der Waals surface area contributed by atoms with Crippen LogP contribution in [0.25, 0.3) is 22.3 Å². The number of nitrogens with zero attached hydrogens (tertiary/aromatic N) is 5. The van der Waals surface area contributed by atoms with Crippen molar-refractivity contribution in [1.82, 2.24) is 30.2 Å². The fraction of sp³-hybridized carbons (Fsp3) is 0.462. The second-order valence-corrected chi connectivity index (χ2v) is 19.6. The normalized spacial score (nSPS) is 20.3. The van der Waals surface area contributed by atoms with E-state index in [2.05, 4.69) is 45.9 Å². The van der Waals surface area contributed by atoms with E-state index in [1.165, 1.54) is 6.33 Å². The highest BCUT2D eigenvalue weighted by atomic mass is 16.7. The largest absolute Gasteiger partial charge is 0.493 e. The zero-order valence-electron chi connectivity index (χ0n) is 38.9. The summed E-state index contributed by atoms with van der Waals surface area (Å²) in [6.45, 7) is 8.53. The number of aromatic nitrogens is 3. The summed E-state index contributed by atoms with van der Waals surface area (Å²) in [6.07, 6.45) is 10.4. The van der Waals surface area contributed by atoms with Crippen molar-refractivity contribution in [2.75, 3.05) is 47.3 Å². The van der Waals surface area contributed by atoms with Crippen molar-refractivity contribution in [2.24, 2.45) is 22.9 Å². The highest BCUT2D eigenvalue weighted by Crippen LogP contribution is 2.48. The van der Waals surface area contributed by atoms with Crippen molar-refractivity contribution >= 4 is 34.3 Å². The number of amides is 2. The minimum Gasteiger partial charge on any atom is -0.493 e. The molecule has 350 valence electrons. The summed E-state index contributed by atoms with van der Waals surface area (Å²) in [5, 5.41) is 10.0. The lowest BCUT2D eigenvalue weighted by molar-refractivity contribution is -0.142. The van der Waals surface area contributed by atoms with Crippen molar-refractivity contribution < 1.29 is 38.1 Å². The van der Waals surface area contributed by atoms with E-state index in [-0.39, 0.29) is 53.9 Å². The molecule has 15 nitrogen and oxygen atoms in total. The van der Waals surface area contributed by atoms with Gasteiger partial charge in [0.2, 0.25) is 12.7 Å². The van der Waals surface area contributed by atoms with Crippen LogP contribution in [0.1, 0.15) is 104 Å². The van der Waals surface area contributed by atoms with Crippen LogP contribution >= 0.6 is 0 Å². The molecule has 67 heavy (non-hydrogen) atoms. The van der Waals surface area contributed by atoms with Crippen LogP contribution in [-0.4, -0.2) is 108 Å². The van der Waals surface area contributed by atoms with Gasteiger partial charge in [-0.15, -0.1) is 0 Å². The number of fused-ring (bicyclic) bond motifs is 3. The molecule has 5 heterocycles. The van der Waals surface area contributed by atoms with E-state index >= 15 is 0 Å². The van der Waals surface area contributed by atoms with E-state index < -0.39 is 11.9 Å². The van der Waals surface area contributed by atoms with E-state index in [0.29, 0.717) is 95.1 Å². The van der Waals surface area contributed by atoms with Crippen molar-refractivity contribution in [3.63, 3.8) is 0 Å². The van der Waals surface area contributed by atoms with E-state index in [0.717, 1.165) is 55.4 Å². The van der Waals surface area contributed by atoms with Gasteiger partial charge in [0.25, 0.3) is 5.91 Å². The maximum Gasteiger partial charge on any atom is 0.255 e. The second-order valence-electron chi connectivity index (χ2n) is 19.6. The maximum absolute atomic E-state index is 14.6. The number of carbonyl (C=O) groups is 3. The van der Waals surface area contributed by atoms with Gasteiger partial charge in [0, 0.05) is 48.8 Å². The van der Waals surface area contributed by atoms with Gasteiger partial charge in [-0.3, -0.25) is 14.4 Å². The van der Waals surface area contributed by atoms with Gasteiger partial charge < -0.3 is 38.9 Å². The number of aromatic amines is 1. The van der Waals surface area contributed by atoms with Crippen molar-refractivity contribution in [3.8, 4) is 40.0 Å². The standard InChI is InChI=1S/C52H59N7O8/c1-52(2,3)33-15-12-31(13-16-33)48(60)38(56-50(61)37-25-53-47-45(37)54-28-55-46(47)43-40(65-27-30-10-11-30)18-19-41-49(43)67-29-66-41)26-58-22-20-34(21-23-58)59-51(62)36-9-7-6-8-35(36)44(57-59)32-14-17-39(63-4)42(24-32)64-5/h12-19,24-25,28,30,34-36,38,53H,6-11,20-23,26-27,29H2,1-5H3,(H,56,61)/t35-,36+,38+/m0/s1.